The molecule has 0 saturated carbocycles. The third kappa shape index (κ3) is 3.39. The molecule has 0 amide bonds. The molecule has 0 saturated heterocycles. The Morgan fingerprint density at radius 3 is 2.50 bits per heavy atom. The lowest BCUT2D eigenvalue weighted by atomic mass is 10.2. The predicted molar refractivity (Wildman–Crippen MR) is 80.2 cm³/mol. The van der Waals surface area contributed by atoms with Crippen LogP contribution in [0.4, 0.5) is 4.39 Å². The molecule has 2 aromatic rings. The molecular formula is C16H15FO4S. The number of para-hydroxylation sites is 2. The second-order valence-corrected chi connectivity index (χ2v) is 7.25. The lowest BCUT2D eigenvalue weighted by Gasteiger charge is -2.26. The van der Waals surface area contributed by atoms with E-state index in [4.69, 9.17) is 9.47 Å². The highest BCUT2D eigenvalue weighted by Gasteiger charge is 2.27. The molecular weight excluding hydrogens is 307 g/mol. The zero-order chi connectivity index (χ0) is 15.6. The first kappa shape index (κ1) is 14.8. The summed E-state index contributed by atoms with van der Waals surface area (Å²) >= 11 is 0. The molecule has 0 unspecified atom stereocenters. The summed E-state index contributed by atoms with van der Waals surface area (Å²) < 4.78 is 49.2. The van der Waals surface area contributed by atoms with Crippen molar-refractivity contribution in [1.29, 1.82) is 0 Å². The minimum Gasteiger partial charge on any atom is -0.486 e. The van der Waals surface area contributed by atoms with Gasteiger partial charge in [0.2, 0.25) is 0 Å². The second-order valence-electron chi connectivity index (χ2n) is 5.14. The van der Waals surface area contributed by atoms with Crippen molar-refractivity contribution in [1.82, 2.24) is 0 Å². The zero-order valence-corrected chi connectivity index (χ0v) is 12.6. The summed E-state index contributed by atoms with van der Waals surface area (Å²) in [6.07, 6.45) is -0.591. The van der Waals surface area contributed by atoms with Crippen LogP contribution in [0, 0.1) is 5.82 Å². The molecule has 0 radical (unpaired) electrons. The number of hydrogen-bond donors (Lipinski definition) is 0. The van der Waals surface area contributed by atoms with Crippen LogP contribution in [0.2, 0.25) is 0 Å². The van der Waals surface area contributed by atoms with Gasteiger partial charge in [-0.1, -0.05) is 30.3 Å². The second kappa shape index (κ2) is 5.96. The van der Waals surface area contributed by atoms with E-state index in [1.54, 1.807) is 24.3 Å². The van der Waals surface area contributed by atoms with Gasteiger partial charge in [-0.15, -0.1) is 0 Å². The van der Waals surface area contributed by atoms with Crippen molar-refractivity contribution in [2.45, 2.75) is 11.9 Å². The van der Waals surface area contributed by atoms with Crippen LogP contribution in [0.15, 0.2) is 48.5 Å². The molecule has 1 heterocycles. The highest BCUT2D eigenvalue weighted by Crippen LogP contribution is 2.31. The maximum absolute atomic E-state index is 13.6. The zero-order valence-electron chi connectivity index (χ0n) is 11.7. The van der Waals surface area contributed by atoms with Crippen molar-refractivity contribution in [3.8, 4) is 11.5 Å². The third-order valence-electron chi connectivity index (χ3n) is 3.34. The Morgan fingerprint density at radius 2 is 1.73 bits per heavy atom. The highest BCUT2D eigenvalue weighted by molar-refractivity contribution is 7.90. The van der Waals surface area contributed by atoms with Crippen LogP contribution in [-0.4, -0.2) is 26.9 Å². The van der Waals surface area contributed by atoms with Crippen molar-refractivity contribution >= 4 is 9.84 Å². The normalized spacial score (nSPS) is 17.2. The number of ether oxygens (including phenoxy) is 2. The molecule has 22 heavy (non-hydrogen) atoms. The SMILES string of the molecule is O=S(=O)(Cc1ccccc1F)C[C@@H]1COc2ccccc2O1. The van der Waals surface area contributed by atoms with Gasteiger partial charge in [-0.05, 0) is 18.2 Å². The van der Waals surface area contributed by atoms with Gasteiger partial charge in [-0.3, -0.25) is 0 Å². The summed E-state index contributed by atoms with van der Waals surface area (Å²) in [5, 5.41) is 0. The minimum absolute atomic E-state index is 0.160. The number of rotatable bonds is 4. The lowest BCUT2D eigenvalue weighted by Crippen LogP contribution is -2.36. The Bertz CT molecular complexity index is 773. The summed E-state index contributed by atoms with van der Waals surface area (Å²) in [7, 11) is -3.50. The number of hydrogen-bond acceptors (Lipinski definition) is 4. The van der Waals surface area contributed by atoms with E-state index in [0.717, 1.165) is 0 Å². The predicted octanol–water partition coefficient (Wildman–Crippen LogP) is 2.58. The highest BCUT2D eigenvalue weighted by atomic mass is 32.2. The van der Waals surface area contributed by atoms with Gasteiger partial charge in [-0.2, -0.15) is 0 Å². The standard InChI is InChI=1S/C16H15FO4S/c17-14-6-2-1-5-12(14)10-22(18,19)11-13-9-20-15-7-3-4-8-16(15)21-13/h1-8,13H,9-11H2/t13-/m0/s1. The van der Waals surface area contributed by atoms with Crippen molar-refractivity contribution in [2.24, 2.45) is 0 Å². The van der Waals surface area contributed by atoms with E-state index in [0.29, 0.717) is 11.5 Å². The van der Waals surface area contributed by atoms with Gasteiger partial charge in [0.05, 0.1) is 11.5 Å². The van der Waals surface area contributed by atoms with Crippen LogP contribution in [0.5, 0.6) is 11.5 Å². The molecule has 0 N–H and O–H groups in total. The molecule has 3 rings (SSSR count). The molecule has 6 heteroatoms. The average Bonchev–Trinajstić information content (AvgIpc) is 2.49. The minimum atomic E-state index is -3.50. The topological polar surface area (TPSA) is 52.6 Å². The summed E-state index contributed by atoms with van der Waals surface area (Å²) in [5.74, 6) is 0.0546. The van der Waals surface area contributed by atoms with Gasteiger partial charge >= 0.3 is 0 Å². The van der Waals surface area contributed by atoms with Crippen molar-refractivity contribution in [3.05, 3.63) is 59.9 Å². The van der Waals surface area contributed by atoms with E-state index in [1.807, 2.05) is 6.07 Å². The van der Waals surface area contributed by atoms with Crippen molar-refractivity contribution in [3.63, 3.8) is 0 Å². The van der Waals surface area contributed by atoms with Crippen LogP contribution in [0.25, 0.3) is 0 Å². The molecule has 0 aromatic heterocycles. The van der Waals surface area contributed by atoms with E-state index >= 15 is 0 Å². The third-order valence-corrected chi connectivity index (χ3v) is 4.97. The van der Waals surface area contributed by atoms with E-state index in [9.17, 15) is 12.8 Å². The summed E-state index contributed by atoms with van der Waals surface area (Å²) in [6, 6.07) is 13.0. The lowest BCUT2D eigenvalue weighted by molar-refractivity contribution is 0.106. The summed E-state index contributed by atoms with van der Waals surface area (Å²) in [5.41, 5.74) is 0.166. The molecule has 1 atom stereocenters. The van der Waals surface area contributed by atoms with Gasteiger partial charge in [0, 0.05) is 5.56 Å². The monoisotopic (exact) mass is 322 g/mol. The van der Waals surface area contributed by atoms with Crippen molar-refractivity contribution in [2.75, 3.05) is 12.4 Å². The average molecular weight is 322 g/mol. The largest absolute Gasteiger partial charge is 0.486 e. The first-order chi connectivity index (χ1) is 10.5. The maximum Gasteiger partial charge on any atom is 0.161 e. The van der Waals surface area contributed by atoms with Gasteiger partial charge in [0.1, 0.15) is 18.5 Å². The molecule has 0 bridgehead atoms. The van der Waals surface area contributed by atoms with Crippen LogP contribution >= 0.6 is 0 Å². The molecule has 0 aliphatic carbocycles. The van der Waals surface area contributed by atoms with E-state index in [1.165, 1.54) is 18.2 Å². The molecule has 0 spiro atoms. The first-order valence-corrected chi connectivity index (χ1v) is 8.68. The fourth-order valence-electron chi connectivity index (χ4n) is 2.34. The molecule has 1 aliphatic rings. The van der Waals surface area contributed by atoms with E-state index < -0.39 is 21.8 Å². The Labute approximate surface area is 128 Å². The molecule has 2 aromatic carbocycles. The van der Waals surface area contributed by atoms with E-state index in [-0.39, 0.29) is 23.7 Å². The van der Waals surface area contributed by atoms with Crippen molar-refractivity contribution < 1.29 is 22.3 Å². The first-order valence-electron chi connectivity index (χ1n) is 6.86. The Morgan fingerprint density at radius 1 is 1.05 bits per heavy atom. The molecule has 4 nitrogen and oxygen atoms in total. The number of sulfone groups is 1. The van der Waals surface area contributed by atoms with Gasteiger partial charge in [0.25, 0.3) is 0 Å². The summed E-state index contributed by atoms with van der Waals surface area (Å²) in [6.45, 7) is 0.160. The number of halogens is 1. The van der Waals surface area contributed by atoms with Crippen LogP contribution in [0.3, 0.4) is 0 Å². The number of fused-ring (bicyclic) bond motifs is 1. The molecule has 1 aliphatic heterocycles. The van der Waals surface area contributed by atoms with Crippen LogP contribution in [-0.2, 0) is 15.6 Å². The fourth-order valence-corrected chi connectivity index (χ4v) is 3.90. The maximum atomic E-state index is 13.6. The van der Waals surface area contributed by atoms with Crippen LogP contribution < -0.4 is 9.47 Å². The van der Waals surface area contributed by atoms with Gasteiger partial charge in [0.15, 0.2) is 21.3 Å². The Hall–Kier alpha value is -2.08. The van der Waals surface area contributed by atoms with Gasteiger partial charge < -0.3 is 9.47 Å². The quantitative estimate of drug-likeness (QED) is 0.868. The molecule has 0 fully saturated rings. The molecule has 116 valence electrons. The van der Waals surface area contributed by atoms with E-state index in [2.05, 4.69) is 0 Å². The summed E-state index contributed by atoms with van der Waals surface area (Å²) in [4.78, 5) is 0. The Balaban J connectivity index is 1.69. The van der Waals surface area contributed by atoms with Crippen LogP contribution in [0.1, 0.15) is 5.56 Å². The smallest absolute Gasteiger partial charge is 0.161 e. The van der Waals surface area contributed by atoms with Gasteiger partial charge in [-0.25, -0.2) is 12.8 Å². The fraction of sp³-hybridized carbons (Fsp3) is 0.250. The Kier molecular flexibility index (Phi) is 4.02. The number of benzene rings is 2.